The molecule has 0 spiro atoms. The molecule has 4 atom stereocenters. The first-order chi connectivity index (χ1) is 14.7. The molecule has 0 aromatic heterocycles. The average Bonchev–Trinajstić information content (AvgIpc) is 3.06. The number of hydrogen-bond donors (Lipinski definition) is 2. The molecule has 0 radical (unpaired) electrons. The molecule has 2 amide bonds. The Balaban J connectivity index is 1.45. The van der Waals surface area contributed by atoms with Gasteiger partial charge in [0.25, 0.3) is 5.91 Å². The predicted molar refractivity (Wildman–Crippen MR) is 113 cm³/mol. The molecule has 6 nitrogen and oxygen atoms in total. The Labute approximate surface area is 183 Å². The lowest BCUT2D eigenvalue weighted by Gasteiger charge is -2.52. The Hall–Kier alpha value is -2.49. The van der Waals surface area contributed by atoms with Gasteiger partial charge in [0, 0.05) is 11.6 Å². The van der Waals surface area contributed by atoms with E-state index in [0.717, 1.165) is 17.7 Å². The summed E-state index contributed by atoms with van der Waals surface area (Å²) in [4.78, 5) is 27.6. The fraction of sp³-hybridized carbons (Fsp3) is 0.364. The molecule has 2 fully saturated rings. The molecule has 0 saturated carbocycles. The third kappa shape index (κ3) is 3.71. The Bertz CT molecular complexity index is 989. The second-order valence-corrected chi connectivity index (χ2v) is 9.34. The van der Waals surface area contributed by atoms with Gasteiger partial charge in [-0.25, -0.2) is 8.78 Å². The molecule has 2 aliphatic heterocycles. The minimum absolute atomic E-state index is 0.178. The minimum atomic E-state index is -1.46. The summed E-state index contributed by atoms with van der Waals surface area (Å²) in [5.74, 6) is -2.30. The first-order valence-corrected chi connectivity index (χ1v) is 10.9. The lowest BCUT2D eigenvalue weighted by atomic mass is 9.92. The summed E-state index contributed by atoms with van der Waals surface area (Å²) >= 11 is 1.32. The number of aliphatic hydroxyl groups excluding tert-OH is 1. The van der Waals surface area contributed by atoms with Crippen molar-refractivity contribution in [2.75, 3.05) is 5.88 Å². The number of benzene rings is 2. The fourth-order valence-corrected chi connectivity index (χ4v) is 5.52. The van der Waals surface area contributed by atoms with Gasteiger partial charge in [-0.05, 0) is 31.0 Å². The van der Waals surface area contributed by atoms with E-state index in [4.69, 9.17) is 5.73 Å². The fourth-order valence-electron chi connectivity index (χ4n) is 4.15. The Morgan fingerprint density at radius 1 is 1.23 bits per heavy atom. The zero-order valence-electron chi connectivity index (χ0n) is 16.9. The highest BCUT2D eigenvalue weighted by atomic mass is 32.2. The van der Waals surface area contributed by atoms with Gasteiger partial charge in [-0.1, -0.05) is 36.4 Å². The molecule has 2 aliphatic rings. The number of thioether (sulfide) groups is 1. The van der Waals surface area contributed by atoms with Crippen molar-refractivity contribution in [3.05, 3.63) is 71.3 Å². The van der Waals surface area contributed by atoms with E-state index < -0.39 is 46.5 Å². The summed E-state index contributed by atoms with van der Waals surface area (Å²) < 4.78 is 28.1. The van der Waals surface area contributed by atoms with Crippen LogP contribution in [0.5, 0.6) is 0 Å². The molecular formula is C22H23F2N3O3S. The predicted octanol–water partition coefficient (Wildman–Crippen LogP) is 1.86. The molecular weight excluding hydrogens is 424 g/mol. The first-order valence-electron chi connectivity index (χ1n) is 9.90. The van der Waals surface area contributed by atoms with Crippen LogP contribution in [0.25, 0.3) is 0 Å². The normalized spacial score (nSPS) is 24.5. The molecule has 2 aromatic rings. The maximum atomic E-state index is 14.0. The standard InChI is InChI=1S/C22H23F2N3O3S/c1-22-19(21(30)27(22)11-14-15(23)8-5-9-16(14)24)26(12-31-22)20(29)18(28)17(25)10-13-6-3-2-4-7-13/h2-9,17-19,28H,10-12,25H2,1H3/t17-,18-,19+,22?/m0/s1. The number of nitrogens with two attached hydrogens (primary N) is 1. The van der Waals surface area contributed by atoms with Crippen LogP contribution < -0.4 is 5.73 Å². The zero-order chi connectivity index (χ0) is 22.3. The van der Waals surface area contributed by atoms with E-state index in [2.05, 4.69) is 0 Å². The van der Waals surface area contributed by atoms with Crippen LogP contribution in [0, 0.1) is 11.6 Å². The second kappa shape index (κ2) is 8.22. The number of carbonyl (C=O) groups is 2. The van der Waals surface area contributed by atoms with Gasteiger partial charge in [-0.2, -0.15) is 0 Å². The van der Waals surface area contributed by atoms with E-state index in [1.54, 1.807) is 6.92 Å². The summed E-state index contributed by atoms with van der Waals surface area (Å²) in [5.41, 5.74) is 6.76. The number of amides is 2. The van der Waals surface area contributed by atoms with Crippen molar-refractivity contribution in [1.29, 1.82) is 0 Å². The second-order valence-electron chi connectivity index (χ2n) is 7.96. The summed E-state index contributed by atoms with van der Waals surface area (Å²) in [6, 6.07) is 11.2. The van der Waals surface area contributed by atoms with Crippen molar-refractivity contribution in [2.24, 2.45) is 5.73 Å². The van der Waals surface area contributed by atoms with Crippen molar-refractivity contribution in [3.63, 3.8) is 0 Å². The van der Waals surface area contributed by atoms with Gasteiger partial charge in [-0.15, -0.1) is 11.8 Å². The van der Waals surface area contributed by atoms with Gasteiger partial charge in [0.05, 0.1) is 12.4 Å². The van der Waals surface area contributed by atoms with Crippen LogP contribution in [0.2, 0.25) is 0 Å². The van der Waals surface area contributed by atoms with Crippen molar-refractivity contribution >= 4 is 23.6 Å². The van der Waals surface area contributed by atoms with Crippen LogP contribution in [0.4, 0.5) is 8.78 Å². The number of aliphatic hydroxyl groups is 1. The maximum absolute atomic E-state index is 14.0. The molecule has 2 saturated heterocycles. The number of fused-ring (bicyclic) bond motifs is 1. The monoisotopic (exact) mass is 447 g/mol. The van der Waals surface area contributed by atoms with Gasteiger partial charge in [0.2, 0.25) is 5.91 Å². The van der Waals surface area contributed by atoms with E-state index in [1.807, 2.05) is 30.3 Å². The van der Waals surface area contributed by atoms with Crippen molar-refractivity contribution in [1.82, 2.24) is 9.80 Å². The quantitative estimate of drug-likeness (QED) is 0.660. The Morgan fingerprint density at radius 3 is 2.52 bits per heavy atom. The van der Waals surface area contributed by atoms with Crippen molar-refractivity contribution in [3.8, 4) is 0 Å². The lowest BCUT2D eigenvalue weighted by molar-refractivity contribution is -0.168. The zero-order valence-corrected chi connectivity index (χ0v) is 17.7. The van der Waals surface area contributed by atoms with E-state index in [9.17, 15) is 23.5 Å². The van der Waals surface area contributed by atoms with Gasteiger partial charge < -0.3 is 20.6 Å². The smallest absolute Gasteiger partial charge is 0.254 e. The molecule has 3 N–H and O–H groups in total. The van der Waals surface area contributed by atoms with Gasteiger partial charge in [0.15, 0.2) is 0 Å². The van der Waals surface area contributed by atoms with Crippen molar-refractivity contribution < 1.29 is 23.5 Å². The molecule has 2 aromatic carbocycles. The van der Waals surface area contributed by atoms with Crippen molar-refractivity contribution in [2.45, 2.75) is 42.9 Å². The molecule has 0 bridgehead atoms. The van der Waals surface area contributed by atoms with Gasteiger partial charge in [0.1, 0.15) is 28.7 Å². The number of carbonyl (C=O) groups excluding carboxylic acids is 2. The van der Waals surface area contributed by atoms with E-state index in [0.29, 0.717) is 6.42 Å². The summed E-state index contributed by atoms with van der Waals surface area (Å²) in [5, 5.41) is 10.5. The number of nitrogens with zero attached hydrogens (tertiary/aromatic N) is 2. The maximum Gasteiger partial charge on any atom is 0.254 e. The topological polar surface area (TPSA) is 86.9 Å². The molecule has 0 aliphatic carbocycles. The van der Waals surface area contributed by atoms with Crippen LogP contribution >= 0.6 is 11.8 Å². The molecule has 164 valence electrons. The number of halogens is 2. The lowest BCUT2D eigenvalue weighted by Crippen LogP contribution is -2.73. The highest BCUT2D eigenvalue weighted by Gasteiger charge is 2.65. The average molecular weight is 448 g/mol. The summed E-state index contributed by atoms with van der Waals surface area (Å²) in [7, 11) is 0. The minimum Gasteiger partial charge on any atom is -0.382 e. The highest BCUT2D eigenvalue weighted by Crippen LogP contribution is 2.51. The van der Waals surface area contributed by atoms with E-state index in [-0.39, 0.29) is 18.0 Å². The Morgan fingerprint density at radius 2 is 1.87 bits per heavy atom. The largest absolute Gasteiger partial charge is 0.382 e. The number of β-lactam (4-membered cyclic amide) rings is 1. The summed E-state index contributed by atoms with van der Waals surface area (Å²) in [6.07, 6.45) is -1.16. The molecule has 2 heterocycles. The van der Waals surface area contributed by atoms with Crippen LogP contribution in [0.1, 0.15) is 18.1 Å². The third-order valence-corrected chi connectivity index (χ3v) is 7.42. The molecule has 9 heteroatoms. The van der Waals surface area contributed by atoms with Gasteiger partial charge in [-0.3, -0.25) is 9.59 Å². The highest BCUT2D eigenvalue weighted by molar-refractivity contribution is 8.01. The Kier molecular flexibility index (Phi) is 5.76. The van der Waals surface area contributed by atoms with E-state index in [1.165, 1.54) is 27.6 Å². The SMILES string of the molecule is CC12SCN(C(=O)[C@@H](O)[C@@H](N)Cc3ccccc3)[C@@H]1C(=O)N2Cc1c(F)cccc1F. The van der Waals surface area contributed by atoms with Crippen LogP contribution in [0.15, 0.2) is 48.5 Å². The van der Waals surface area contributed by atoms with Gasteiger partial charge >= 0.3 is 0 Å². The number of hydrogen-bond acceptors (Lipinski definition) is 5. The first kappa shape index (κ1) is 21.7. The molecule has 4 rings (SSSR count). The number of rotatable bonds is 6. The number of likely N-dealkylation sites (tertiary alicyclic amines) is 1. The van der Waals surface area contributed by atoms with E-state index >= 15 is 0 Å². The van der Waals surface area contributed by atoms with Crippen LogP contribution in [-0.2, 0) is 22.6 Å². The molecule has 31 heavy (non-hydrogen) atoms. The summed E-state index contributed by atoms with van der Waals surface area (Å²) in [6.45, 7) is 1.53. The van der Waals surface area contributed by atoms with Crippen LogP contribution in [-0.4, -0.2) is 55.7 Å². The third-order valence-electron chi connectivity index (χ3n) is 5.98. The molecule has 1 unspecified atom stereocenters. The van der Waals surface area contributed by atoms with Crippen LogP contribution in [0.3, 0.4) is 0 Å².